The molecule has 1 heterocycles. The van der Waals surface area contributed by atoms with E-state index in [-0.39, 0.29) is 5.69 Å². The minimum Gasteiger partial charge on any atom is -0.324 e. The Morgan fingerprint density at radius 3 is 2.21 bits per heavy atom. The number of amides is 1. The second-order valence-corrected chi connectivity index (χ2v) is 2.47. The first-order valence-corrected chi connectivity index (χ1v) is 3.56. The molecule has 4 nitrogen and oxygen atoms in total. The van der Waals surface area contributed by atoms with Crippen LogP contribution in [0.25, 0.3) is 0 Å². The average Bonchev–Trinajstić information content (AvgIpc) is 2.02. The second-order valence-electron chi connectivity index (χ2n) is 2.47. The third-order valence-electron chi connectivity index (χ3n) is 1.23. The van der Waals surface area contributed by atoms with Crippen LogP contribution in [0.3, 0.4) is 0 Å². The van der Waals surface area contributed by atoms with Crippen LogP contribution >= 0.6 is 0 Å². The predicted molar refractivity (Wildman–Crippen MR) is 41.3 cm³/mol. The van der Waals surface area contributed by atoms with Crippen LogP contribution in [0.1, 0.15) is 12.7 Å². The van der Waals surface area contributed by atoms with Crippen molar-refractivity contribution in [2.45, 2.75) is 13.1 Å². The number of anilines is 1. The topological polar surface area (TPSA) is 54.9 Å². The molecule has 0 saturated heterocycles. The maximum atomic E-state index is 12.0. The van der Waals surface area contributed by atoms with Gasteiger partial charge in [-0.25, -0.2) is 9.97 Å². The summed E-state index contributed by atoms with van der Waals surface area (Å²) in [4.78, 5) is 16.6. The number of nitrogens with zero attached hydrogens (tertiary/aromatic N) is 2. The molecular formula is C7H6F3N3O. The van der Waals surface area contributed by atoms with Gasteiger partial charge in [-0.1, -0.05) is 0 Å². The molecular weight excluding hydrogens is 199 g/mol. The summed E-state index contributed by atoms with van der Waals surface area (Å²) in [5, 5.41) is 2.25. The number of hydrogen-bond acceptors (Lipinski definition) is 3. The van der Waals surface area contributed by atoms with E-state index in [0.717, 1.165) is 12.4 Å². The molecule has 1 amide bonds. The summed E-state index contributed by atoms with van der Waals surface area (Å²) >= 11 is 0. The predicted octanol–water partition coefficient (Wildman–Crippen LogP) is 1.45. The molecule has 0 saturated carbocycles. The minimum absolute atomic E-state index is 0.130. The van der Waals surface area contributed by atoms with Crippen LogP contribution in [0.15, 0.2) is 12.4 Å². The number of alkyl halides is 3. The van der Waals surface area contributed by atoms with E-state index in [2.05, 4.69) is 15.3 Å². The molecule has 1 aromatic heterocycles. The smallest absolute Gasteiger partial charge is 0.324 e. The number of carbonyl (C=O) groups is 1. The summed E-state index contributed by atoms with van der Waals surface area (Å²) in [6.07, 6.45) is -2.76. The summed E-state index contributed by atoms with van der Waals surface area (Å²) in [6, 6.07) is 0. The highest BCUT2D eigenvalue weighted by Crippen LogP contribution is 2.25. The molecule has 0 atom stereocenters. The summed E-state index contributed by atoms with van der Waals surface area (Å²) < 4.78 is 35.9. The maximum Gasteiger partial charge on any atom is 0.451 e. The van der Waals surface area contributed by atoms with E-state index in [0.29, 0.717) is 0 Å². The van der Waals surface area contributed by atoms with E-state index in [1.54, 1.807) is 0 Å². The molecule has 0 unspecified atom stereocenters. The van der Waals surface area contributed by atoms with Crippen LogP contribution in [-0.4, -0.2) is 15.9 Å². The van der Waals surface area contributed by atoms with Gasteiger partial charge in [0.15, 0.2) is 0 Å². The van der Waals surface area contributed by atoms with Crippen molar-refractivity contribution in [2.24, 2.45) is 0 Å². The Morgan fingerprint density at radius 1 is 1.36 bits per heavy atom. The van der Waals surface area contributed by atoms with Gasteiger partial charge in [0.05, 0.1) is 18.1 Å². The summed E-state index contributed by atoms with van der Waals surface area (Å²) in [7, 11) is 0. The van der Waals surface area contributed by atoms with Crippen LogP contribution in [0.4, 0.5) is 18.9 Å². The van der Waals surface area contributed by atoms with Crippen molar-refractivity contribution in [2.75, 3.05) is 5.32 Å². The first-order valence-electron chi connectivity index (χ1n) is 3.56. The largest absolute Gasteiger partial charge is 0.451 e. The molecule has 0 radical (unpaired) electrons. The van der Waals surface area contributed by atoms with E-state index < -0.39 is 17.9 Å². The molecule has 1 aromatic rings. The van der Waals surface area contributed by atoms with Crippen molar-refractivity contribution in [1.82, 2.24) is 9.97 Å². The van der Waals surface area contributed by atoms with Crippen LogP contribution < -0.4 is 5.32 Å². The van der Waals surface area contributed by atoms with Crippen LogP contribution in [0.2, 0.25) is 0 Å². The Bertz CT molecular complexity index is 333. The Hall–Kier alpha value is -1.66. The van der Waals surface area contributed by atoms with Crippen molar-refractivity contribution < 1.29 is 18.0 Å². The van der Waals surface area contributed by atoms with Crippen LogP contribution in [0.5, 0.6) is 0 Å². The quantitative estimate of drug-likeness (QED) is 0.754. The zero-order valence-electron chi connectivity index (χ0n) is 7.09. The molecule has 1 rings (SSSR count). The molecule has 0 aliphatic heterocycles. The standard InChI is InChI=1S/C7H6F3N3O/c1-4(14)13-5-2-11-6(12-3-5)7(8,9)10/h2-3H,1H3,(H,13,14). The van der Waals surface area contributed by atoms with Crippen molar-refractivity contribution in [1.29, 1.82) is 0 Å². The molecule has 0 aliphatic carbocycles. The van der Waals surface area contributed by atoms with Gasteiger partial charge in [-0.3, -0.25) is 4.79 Å². The highest BCUT2D eigenvalue weighted by Gasteiger charge is 2.34. The fraction of sp³-hybridized carbons (Fsp3) is 0.286. The number of rotatable bonds is 1. The molecule has 7 heteroatoms. The van der Waals surface area contributed by atoms with E-state index in [4.69, 9.17) is 0 Å². The number of halogens is 3. The van der Waals surface area contributed by atoms with Gasteiger partial charge in [-0.05, 0) is 0 Å². The van der Waals surface area contributed by atoms with Gasteiger partial charge in [0.25, 0.3) is 0 Å². The molecule has 0 aromatic carbocycles. The number of hydrogen-bond donors (Lipinski definition) is 1. The SMILES string of the molecule is CC(=O)Nc1cnc(C(F)(F)F)nc1. The molecule has 0 aliphatic rings. The summed E-state index contributed by atoms with van der Waals surface area (Å²) in [6.45, 7) is 1.23. The molecule has 14 heavy (non-hydrogen) atoms. The summed E-state index contributed by atoms with van der Waals surface area (Å²) in [5.41, 5.74) is 0.130. The monoisotopic (exact) mass is 205 g/mol. The number of carbonyl (C=O) groups excluding carboxylic acids is 1. The van der Waals surface area contributed by atoms with Gasteiger partial charge in [-0.2, -0.15) is 13.2 Å². The van der Waals surface area contributed by atoms with Crippen molar-refractivity contribution in [3.63, 3.8) is 0 Å². The zero-order chi connectivity index (χ0) is 10.8. The third kappa shape index (κ3) is 2.68. The fourth-order valence-corrected chi connectivity index (χ4v) is 0.742. The Morgan fingerprint density at radius 2 is 1.86 bits per heavy atom. The van der Waals surface area contributed by atoms with Crippen molar-refractivity contribution in [3.8, 4) is 0 Å². The van der Waals surface area contributed by atoms with Gasteiger partial charge < -0.3 is 5.32 Å². The first-order chi connectivity index (χ1) is 6.39. The van der Waals surface area contributed by atoms with E-state index in [9.17, 15) is 18.0 Å². The van der Waals surface area contributed by atoms with Crippen molar-refractivity contribution in [3.05, 3.63) is 18.2 Å². The lowest BCUT2D eigenvalue weighted by Crippen LogP contribution is -2.12. The fourth-order valence-electron chi connectivity index (χ4n) is 0.742. The first kappa shape index (κ1) is 10.4. The molecule has 1 N–H and O–H groups in total. The van der Waals surface area contributed by atoms with Gasteiger partial charge in [0, 0.05) is 6.92 Å². The van der Waals surface area contributed by atoms with Gasteiger partial charge in [0.2, 0.25) is 11.7 Å². The Labute approximate surface area is 77.2 Å². The third-order valence-corrected chi connectivity index (χ3v) is 1.23. The second kappa shape index (κ2) is 3.60. The number of aromatic nitrogens is 2. The lowest BCUT2D eigenvalue weighted by molar-refractivity contribution is -0.144. The summed E-state index contributed by atoms with van der Waals surface area (Å²) in [5.74, 6) is -1.63. The normalized spacial score (nSPS) is 11.1. The van der Waals surface area contributed by atoms with Crippen molar-refractivity contribution >= 4 is 11.6 Å². The van der Waals surface area contributed by atoms with E-state index >= 15 is 0 Å². The molecule has 0 spiro atoms. The lowest BCUT2D eigenvalue weighted by Gasteiger charge is -2.05. The van der Waals surface area contributed by atoms with Gasteiger partial charge in [-0.15, -0.1) is 0 Å². The Balaban J connectivity index is 2.84. The Kier molecular flexibility index (Phi) is 2.68. The highest BCUT2D eigenvalue weighted by atomic mass is 19.4. The van der Waals surface area contributed by atoms with Gasteiger partial charge in [0.1, 0.15) is 0 Å². The minimum atomic E-state index is -4.56. The average molecular weight is 205 g/mol. The highest BCUT2D eigenvalue weighted by molar-refractivity contribution is 5.88. The van der Waals surface area contributed by atoms with Crippen LogP contribution in [-0.2, 0) is 11.0 Å². The van der Waals surface area contributed by atoms with E-state index in [1.165, 1.54) is 6.92 Å². The van der Waals surface area contributed by atoms with Crippen LogP contribution in [0, 0.1) is 0 Å². The molecule has 76 valence electrons. The number of nitrogens with one attached hydrogen (secondary N) is 1. The maximum absolute atomic E-state index is 12.0. The molecule has 0 bridgehead atoms. The zero-order valence-corrected chi connectivity index (χ0v) is 7.09. The van der Waals surface area contributed by atoms with E-state index in [1.807, 2.05) is 0 Å². The molecule has 0 fully saturated rings. The lowest BCUT2D eigenvalue weighted by atomic mass is 10.5. The van der Waals surface area contributed by atoms with Gasteiger partial charge >= 0.3 is 6.18 Å².